The van der Waals surface area contributed by atoms with Crippen molar-refractivity contribution in [1.29, 1.82) is 0 Å². The normalized spacial score (nSPS) is 13.3. The summed E-state index contributed by atoms with van der Waals surface area (Å²) in [4.78, 5) is 14.2. The van der Waals surface area contributed by atoms with Crippen molar-refractivity contribution in [2.24, 2.45) is 0 Å². The number of hydrogen-bond donors (Lipinski definition) is 2. The summed E-state index contributed by atoms with van der Waals surface area (Å²) in [6.45, 7) is 0.201. The third-order valence-corrected chi connectivity index (χ3v) is 6.72. The Morgan fingerprint density at radius 3 is 2.44 bits per heavy atom. The smallest absolute Gasteiger partial charge is 0.256 e. The molecular weight excluding hydrogens is 380 g/mol. The lowest BCUT2D eigenvalue weighted by Crippen LogP contribution is -2.23. The first-order valence-electron chi connectivity index (χ1n) is 8.29. The highest BCUT2D eigenvalue weighted by molar-refractivity contribution is 7.99. The zero-order valence-electron chi connectivity index (χ0n) is 14.2. The highest BCUT2D eigenvalue weighted by atomic mass is 32.2. The number of carbonyl (C=O) groups excluding carboxylic acids is 1. The van der Waals surface area contributed by atoms with E-state index in [0.29, 0.717) is 11.3 Å². The number of carbonyl (C=O) groups is 1. The Balaban J connectivity index is 1.61. The Hall–Kier alpha value is -2.61. The predicted octanol–water partition coefficient (Wildman–Crippen LogP) is 3.88. The summed E-state index contributed by atoms with van der Waals surface area (Å²) < 4.78 is 27.9. The van der Waals surface area contributed by atoms with Crippen LogP contribution < -0.4 is 10.0 Å². The molecule has 0 aliphatic carbocycles. The maximum Gasteiger partial charge on any atom is 0.256 e. The molecule has 0 spiro atoms. The maximum absolute atomic E-state index is 12.6. The van der Waals surface area contributed by atoms with Crippen molar-refractivity contribution in [2.45, 2.75) is 21.2 Å². The molecular formula is C20H16N2O3S2. The van der Waals surface area contributed by atoms with Crippen LogP contribution in [0.15, 0.2) is 87.5 Å². The van der Waals surface area contributed by atoms with Gasteiger partial charge in [-0.1, -0.05) is 54.2 Å². The van der Waals surface area contributed by atoms with Crippen LogP contribution in [0.2, 0.25) is 0 Å². The summed E-state index contributed by atoms with van der Waals surface area (Å²) in [5.41, 5.74) is 1.93. The number of benzene rings is 3. The van der Waals surface area contributed by atoms with Crippen LogP contribution in [0.4, 0.5) is 5.69 Å². The molecule has 0 radical (unpaired) electrons. The standard InChI is InChI=1S/C20H16N2O3S2/c23-20-16-8-4-5-9-18(16)26-19-11-10-15(12-17(19)22-20)27(24,25)21-13-14-6-2-1-3-7-14/h1-12,21H,13H2,(H,22,23). The molecule has 136 valence electrons. The van der Waals surface area contributed by atoms with Gasteiger partial charge in [0.2, 0.25) is 10.0 Å². The molecule has 0 saturated heterocycles. The first kappa shape index (κ1) is 17.8. The van der Waals surface area contributed by atoms with Gasteiger partial charge in [0.1, 0.15) is 0 Å². The topological polar surface area (TPSA) is 75.3 Å². The highest BCUT2D eigenvalue weighted by Gasteiger charge is 2.22. The van der Waals surface area contributed by atoms with Crippen molar-refractivity contribution in [2.75, 3.05) is 5.32 Å². The third kappa shape index (κ3) is 3.75. The van der Waals surface area contributed by atoms with Crippen LogP contribution in [-0.4, -0.2) is 14.3 Å². The summed E-state index contributed by atoms with van der Waals surface area (Å²) in [6.07, 6.45) is 0. The maximum atomic E-state index is 12.6. The first-order valence-corrected chi connectivity index (χ1v) is 10.6. The van der Waals surface area contributed by atoms with Gasteiger partial charge in [-0.25, -0.2) is 13.1 Å². The molecule has 1 aliphatic heterocycles. The molecule has 0 atom stereocenters. The second-order valence-corrected chi connectivity index (χ2v) is 8.87. The van der Waals surface area contributed by atoms with Gasteiger partial charge in [-0.3, -0.25) is 4.79 Å². The van der Waals surface area contributed by atoms with E-state index in [4.69, 9.17) is 0 Å². The van der Waals surface area contributed by atoms with Gasteiger partial charge < -0.3 is 5.32 Å². The number of rotatable bonds is 4. The fraction of sp³-hybridized carbons (Fsp3) is 0.0500. The number of nitrogens with one attached hydrogen (secondary N) is 2. The second kappa shape index (κ2) is 7.19. The predicted molar refractivity (Wildman–Crippen MR) is 105 cm³/mol. The molecule has 3 aromatic carbocycles. The van der Waals surface area contributed by atoms with Crippen molar-refractivity contribution in [3.63, 3.8) is 0 Å². The zero-order valence-corrected chi connectivity index (χ0v) is 15.8. The van der Waals surface area contributed by atoms with E-state index in [9.17, 15) is 13.2 Å². The molecule has 0 fully saturated rings. The Labute approximate surface area is 161 Å². The summed E-state index contributed by atoms with van der Waals surface area (Å²) in [5, 5.41) is 2.81. The van der Waals surface area contributed by atoms with Gasteiger partial charge >= 0.3 is 0 Å². The van der Waals surface area contributed by atoms with E-state index >= 15 is 0 Å². The average molecular weight is 396 g/mol. The third-order valence-electron chi connectivity index (χ3n) is 4.17. The van der Waals surface area contributed by atoms with Crippen molar-refractivity contribution < 1.29 is 13.2 Å². The lowest BCUT2D eigenvalue weighted by molar-refractivity contribution is 0.102. The molecule has 1 amide bonds. The number of amides is 1. The van der Waals surface area contributed by atoms with Crippen molar-refractivity contribution in [3.8, 4) is 0 Å². The van der Waals surface area contributed by atoms with Crippen molar-refractivity contribution in [3.05, 3.63) is 83.9 Å². The van der Waals surface area contributed by atoms with E-state index < -0.39 is 10.0 Å². The fourth-order valence-electron chi connectivity index (χ4n) is 2.77. The van der Waals surface area contributed by atoms with E-state index in [1.54, 1.807) is 24.3 Å². The molecule has 5 nitrogen and oxygen atoms in total. The van der Waals surface area contributed by atoms with Crippen LogP contribution in [0.3, 0.4) is 0 Å². The van der Waals surface area contributed by atoms with Crippen LogP contribution in [0, 0.1) is 0 Å². The minimum absolute atomic E-state index is 0.115. The number of fused-ring (bicyclic) bond motifs is 2. The van der Waals surface area contributed by atoms with Crippen LogP contribution in [0.5, 0.6) is 0 Å². The van der Waals surface area contributed by atoms with Gasteiger partial charge in [0.05, 0.1) is 16.1 Å². The van der Waals surface area contributed by atoms with E-state index in [2.05, 4.69) is 10.0 Å². The van der Waals surface area contributed by atoms with E-state index in [1.165, 1.54) is 17.8 Å². The van der Waals surface area contributed by atoms with Crippen molar-refractivity contribution >= 4 is 33.4 Å². The summed E-state index contributed by atoms with van der Waals surface area (Å²) in [6, 6.07) is 21.4. The number of hydrogen-bond acceptors (Lipinski definition) is 4. The quantitative estimate of drug-likeness (QED) is 0.702. The molecule has 4 rings (SSSR count). The highest BCUT2D eigenvalue weighted by Crippen LogP contribution is 2.39. The molecule has 0 bridgehead atoms. The van der Waals surface area contributed by atoms with E-state index in [0.717, 1.165) is 15.4 Å². The Morgan fingerprint density at radius 2 is 1.63 bits per heavy atom. The molecule has 3 aromatic rings. The molecule has 1 heterocycles. The Bertz CT molecular complexity index is 1110. The number of sulfonamides is 1. The van der Waals surface area contributed by atoms with E-state index in [1.807, 2.05) is 42.5 Å². The molecule has 2 N–H and O–H groups in total. The van der Waals surface area contributed by atoms with Gasteiger partial charge in [0.25, 0.3) is 5.91 Å². The zero-order chi connectivity index (χ0) is 18.9. The summed E-state index contributed by atoms with van der Waals surface area (Å²) in [5.74, 6) is -0.247. The molecule has 0 saturated carbocycles. The largest absolute Gasteiger partial charge is 0.321 e. The van der Waals surface area contributed by atoms with Crippen molar-refractivity contribution in [1.82, 2.24) is 4.72 Å². The monoisotopic (exact) mass is 396 g/mol. The number of anilines is 1. The van der Waals surface area contributed by atoms with Crippen LogP contribution in [0.1, 0.15) is 15.9 Å². The lowest BCUT2D eigenvalue weighted by Gasteiger charge is -2.11. The summed E-state index contributed by atoms with van der Waals surface area (Å²) >= 11 is 1.44. The average Bonchev–Trinajstić information content (AvgIpc) is 2.82. The Kier molecular flexibility index (Phi) is 4.73. The minimum atomic E-state index is -3.70. The van der Waals surface area contributed by atoms with Gasteiger partial charge in [0.15, 0.2) is 0 Å². The minimum Gasteiger partial charge on any atom is -0.321 e. The van der Waals surface area contributed by atoms with Crippen LogP contribution in [0.25, 0.3) is 0 Å². The van der Waals surface area contributed by atoms with Gasteiger partial charge in [-0.15, -0.1) is 0 Å². The van der Waals surface area contributed by atoms with Gasteiger partial charge in [0, 0.05) is 16.3 Å². The molecule has 27 heavy (non-hydrogen) atoms. The van der Waals surface area contributed by atoms with Crippen LogP contribution in [-0.2, 0) is 16.6 Å². The first-order chi connectivity index (χ1) is 13.0. The molecule has 0 unspecified atom stereocenters. The second-order valence-electron chi connectivity index (χ2n) is 6.02. The lowest BCUT2D eigenvalue weighted by atomic mass is 10.2. The van der Waals surface area contributed by atoms with Gasteiger partial charge in [-0.2, -0.15) is 0 Å². The molecule has 1 aliphatic rings. The molecule has 7 heteroatoms. The summed E-state index contributed by atoms with van der Waals surface area (Å²) in [7, 11) is -3.70. The molecule has 0 aromatic heterocycles. The SMILES string of the molecule is O=C1Nc2cc(S(=O)(=O)NCc3ccccc3)ccc2Sc2ccccc21. The van der Waals surface area contributed by atoms with Gasteiger partial charge in [-0.05, 0) is 35.9 Å². The van der Waals surface area contributed by atoms with Crippen LogP contribution >= 0.6 is 11.8 Å². The fourth-order valence-corrected chi connectivity index (χ4v) is 4.83. The van der Waals surface area contributed by atoms with E-state index in [-0.39, 0.29) is 17.3 Å². The Morgan fingerprint density at radius 1 is 0.889 bits per heavy atom.